The van der Waals surface area contributed by atoms with E-state index in [4.69, 9.17) is 14.6 Å². The van der Waals surface area contributed by atoms with Gasteiger partial charge in [-0.1, -0.05) is 6.07 Å². The van der Waals surface area contributed by atoms with Crippen LogP contribution in [0.2, 0.25) is 0 Å². The van der Waals surface area contributed by atoms with Gasteiger partial charge < -0.3 is 19.9 Å². The molecule has 6 heteroatoms. The first-order valence-electron chi connectivity index (χ1n) is 8.56. The van der Waals surface area contributed by atoms with E-state index in [0.29, 0.717) is 22.7 Å². The molecule has 1 fully saturated rings. The molecule has 0 bridgehead atoms. The second-order valence-electron chi connectivity index (χ2n) is 6.23. The molecule has 136 valence electrons. The molecule has 26 heavy (non-hydrogen) atoms. The number of nitrogens with one attached hydrogen (secondary N) is 1. The minimum absolute atomic E-state index is 0.114. The average molecular weight is 355 g/mol. The predicted molar refractivity (Wildman–Crippen MR) is 97.2 cm³/mol. The molecule has 0 heterocycles. The number of aromatic carboxylic acids is 1. The topological polar surface area (TPSA) is 84.9 Å². The van der Waals surface area contributed by atoms with E-state index in [1.165, 1.54) is 12.1 Å². The van der Waals surface area contributed by atoms with Crippen molar-refractivity contribution in [3.05, 3.63) is 53.6 Å². The Bertz CT molecular complexity index is 812. The van der Waals surface area contributed by atoms with Gasteiger partial charge in [0.1, 0.15) is 0 Å². The largest absolute Gasteiger partial charge is 0.493 e. The number of ether oxygens (including phenoxy) is 2. The number of carbonyl (C=O) groups excluding carboxylic acids is 1. The van der Waals surface area contributed by atoms with E-state index < -0.39 is 5.97 Å². The molecule has 0 radical (unpaired) electrons. The molecule has 0 saturated heterocycles. The van der Waals surface area contributed by atoms with Crippen LogP contribution in [0.15, 0.2) is 42.5 Å². The lowest BCUT2D eigenvalue weighted by Crippen LogP contribution is -2.15. The van der Waals surface area contributed by atoms with Crippen molar-refractivity contribution in [3.8, 4) is 11.5 Å². The van der Waals surface area contributed by atoms with Crippen LogP contribution in [0, 0.1) is 0 Å². The first kappa shape index (κ1) is 17.8. The number of hydrogen-bond acceptors (Lipinski definition) is 4. The van der Waals surface area contributed by atoms with Gasteiger partial charge in [0, 0.05) is 11.3 Å². The van der Waals surface area contributed by atoms with E-state index in [-0.39, 0.29) is 17.6 Å². The molecule has 2 aromatic carbocycles. The van der Waals surface area contributed by atoms with Gasteiger partial charge in [0.25, 0.3) is 5.91 Å². The Morgan fingerprint density at radius 1 is 1.04 bits per heavy atom. The van der Waals surface area contributed by atoms with E-state index in [1.54, 1.807) is 37.4 Å². The number of carboxylic acids is 1. The van der Waals surface area contributed by atoms with Gasteiger partial charge in [0.2, 0.25) is 0 Å². The van der Waals surface area contributed by atoms with Crippen LogP contribution >= 0.6 is 0 Å². The maximum Gasteiger partial charge on any atom is 0.335 e. The second kappa shape index (κ2) is 7.91. The van der Waals surface area contributed by atoms with E-state index in [1.807, 2.05) is 0 Å². The molecule has 0 aromatic heterocycles. The fourth-order valence-electron chi connectivity index (χ4n) is 3.03. The van der Waals surface area contributed by atoms with Crippen molar-refractivity contribution in [1.82, 2.24) is 0 Å². The number of hydrogen-bond donors (Lipinski definition) is 2. The highest BCUT2D eigenvalue weighted by atomic mass is 16.5. The normalized spacial score (nSPS) is 14.0. The predicted octanol–water partition coefficient (Wildman–Crippen LogP) is 3.97. The van der Waals surface area contributed by atoms with Crippen molar-refractivity contribution in [3.63, 3.8) is 0 Å². The first-order chi connectivity index (χ1) is 12.6. The van der Waals surface area contributed by atoms with Crippen LogP contribution in [0.25, 0.3) is 0 Å². The molecule has 0 aliphatic heterocycles. The summed E-state index contributed by atoms with van der Waals surface area (Å²) in [6.45, 7) is 0. The van der Waals surface area contributed by atoms with E-state index in [0.717, 1.165) is 25.7 Å². The second-order valence-corrected chi connectivity index (χ2v) is 6.23. The fourth-order valence-corrected chi connectivity index (χ4v) is 3.03. The summed E-state index contributed by atoms with van der Waals surface area (Å²) in [5.41, 5.74) is 0.950. The zero-order chi connectivity index (χ0) is 18.5. The summed E-state index contributed by atoms with van der Waals surface area (Å²) < 4.78 is 11.3. The van der Waals surface area contributed by atoms with Gasteiger partial charge in [-0.3, -0.25) is 4.79 Å². The summed E-state index contributed by atoms with van der Waals surface area (Å²) >= 11 is 0. The number of amides is 1. The summed E-state index contributed by atoms with van der Waals surface area (Å²) in [6.07, 6.45) is 4.44. The lowest BCUT2D eigenvalue weighted by Gasteiger charge is -2.17. The lowest BCUT2D eigenvalue weighted by molar-refractivity contribution is 0.0696. The molecule has 2 N–H and O–H groups in total. The van der Waals surface area contributed by atoms with E-state index in [2.05, 4.69) is 5.32 Å². The van der Waals surface area contributed by atoms with Crippen LogP contribution < -0.4 is 14.8 Å². The highest BCUT2D eigenvalue weighted by Crippen LogP contribution is 2.32. The number of benzene rings is 2. The van der Waals surface area contributed by atoms with Gasteiger partial charge >= 0.3 is 5.97 Å². The monoisotopic (exact) mass is 355 g/mol. The highest BCUT2D eigenvalue weighted by Gasteiger charge is 2.19. The Balaban J connectivity index is 1.78. The van der Waals surface area contributed by atoms with Crippen molar-refractivity contribution in [2.45, 2.75) is 31.8 Å². The molecule has 3 rings (SSSR count). The van der Waals surface area contributed by atoms with Crippen LogP contribution in [0.1, 0.15) is 46.4 Å². The minimum atomic E-state index is -1.04. The number of carbonyl (C=O) groups is 2. The fraction of sp³-hybridized carbons (Fsp3) is 0.300. The molecule has 1 amide bonds. The quantitative estimate of drug-likeness (QED) is 0.819. The standard InChI is InChI=1S/C20H21NO5/c1-25-17-10-9-13(12-18(17)26-16-7-2-3-8-16)19(22)21-15-6-4-5-14(11-15)20(23)24/h4-6,9-12,16H,2-3,7-8H2,1H3,(H,21,22)(H,23,24). The third-order valence-electron chi connectivity index (χ3n) is 4.39. The smallest absolute Gasteiger partial charge is 0.335 e. The Morgan fingerprint density at radius 3 is 2.50 bits per heavy atom. The summed E-state index contributed by atoms with van der Waals surface area (Å²) in [7, 11) is 1.56. The maximum absolute atomic E-state index is 12.5. The zero-order valence-corrected chi connectivity index (χ0v) is 14.5. The highest BCUT2D eigenvalue weighted by molar-refractivity contribution is 6.05. The van der Waals surface area contributed by atoms with Crippen molar-refractivity contribution in [2.75, 3.05) is 12.4 Å². The molecule has 0 spiro atoms. The molecule has 0 atom stereocenters. The Kier molecular flexibility index (Phi) is 5.41. The Labute approximate surface area is 151 Å². The molecule has 1 aliphatic rings. The molecule has 1 saturated carbocycles. The van der Waals surface area contributed by atoms with E-state index in [9.17, 15) is 9.59 Å². The van der Waals surface area contributed by atoms with Gasteiger partial charge in [-0.2, -0.15) is 0 Å². The van der Waals surface area contributed by atoms with Crippen LogP contribution in [0.3, 0.4) is 0 Å². The van der Waals surface area contributed by atoms with Gasteiger partial charge in [-0.25, -0.2) is 4.79 Å². The van der Waals surface area contributed by atoms with Crippen molar-refractivity contribution >= 4 is 17.6 Å². The third-order valence-corrected chi connectivity index (χ3v) is 4.39. The summed E-state index contributed by atoms with van der Waals surface area (Å²) in [6, 6.07) is 11.1. The van der Waals surface area contributed by atoms with Gasteiger partial charge in [0.05, 0.1) is 18.8 Å². The van der Waals surface area contributed by atoms with Crippen LogP contribution in [-0.4, -0.2) is 30.2 Å². The van der Waals surface area contributed by atoms with E-state index >= 15 is 0 Å². The first-order valence-corrected chi connectivity index (χ1v) is 8.56. The summed E-state index contributed by atoms with van der Waals surface area (Å²) in [5.74, 6) is -0.253. The maximum atomic E-state index is 12.5. The molecular formula is C20H21NO5. The zero-order valence-electron chi connectivity index (χ0n) is 14.5. The van der Waals surface area contributed by atoms with Crippen LogP contribution in [-0.2, 0) is 0 Å². The van der Waals surface area contributed by atoms with Crippen molar-refractivity contribution in [1.29, 1.82) is 0 Å². The molecule has 2 aromatic rings. The Hall–Kier alpha value is -3.02. The minimum Gasteiger partial charge on any atom is -0.493 e. The lowest BCUT2D eigenvalue weighted by atomic mass is 10.1. The average Bonchev–Trinajstić information content (AvgIpc) is 3.15. The molecule has 6 nitrogen and oxygen atoms in total. The summed E-state index contributed by atoms with van der Waals surface area (Å²) in [4.78, 5) is 23.6. The van der Waals surface area contributed by atoms with Crippen molar-refractivity contribution in [2.24, 2.45) is 0 Å². The van der Waals surface area contributed by atoms with Gasteiger partial charge in [-0.15, -0.1) is 0 Å². The third kappa shape index (κ3) is 4.14. The SMILES string of the molecule is COc1ccc(C(=O)Nc2cccc(C(=O)O)c2)cc1OC1CCCC1. The number of rotatable bonds is 6. The number of carboxylic acid groups (broad SMARTS) is 1. The van der Waals surface area contributed by atoms with Crippen LogP contribution in [0.5, 0.6) is 11.5 Å². The van der Waals surface area contributed by atoms with Crippen molar-refractivity contribution < 1.29 is 24.2 Å². The Morgan fingerprint density at radius 2 is 1.81 bits per heavy atom. The number of methoxy groups -OCH3 is 1. The summed E-state index contributed by atoms with van der Waals surface area (Å²) in [5, 5.41) is 11.8. The van der Waals surface area contributed by atoms with Gasteiger partial charge in [-0.05, 0) is 62.1 Å². The van der Waals surface area contributed by atoms with Crippen LogP contribution in [0.4, 0.5) is 5.69 Å². The molecule has 1 aliphatic carbocycles. The van der Waals surface area contributed by atoms with Gasteiger partial charge in [0.15, 0.2) is 11.5 Å². The number of anilines is 1. The molecule has 0 unspecified atom stereocenters. The molecular weight excluding hydrogens is 334 g/mol.